The van der Waals surface area contributed by atoms with Crippen LogP contribution in [0.5, 0.6) is 0 Å². The SMILES string of the molecule is CC1CCCCC1(CNC(=O)O)c1ccc(Cl)c(Cl)c1. The van der Waals surface area contributed by atoms with Crippen LogP contribution in [0.2, 0.25) is 10.0 Å². The summed E-state index contributed by atoms with van der Waals surface area (Å²) in [5.74, 6) is 0.403. The van der Waals surface area contributed by atoms with Crippen LogP contribution < -0.4 is 5.32 Å². The number of halogens is 2. The largest absolute Gasteiger partial charge is 0.465 e. The molecule has 1 aromatic rings. The number of hydrogen-bond donors (Lipinski definition) is 2. The number of hydrogen-bond acceptors (Lipinski definition) is 1. The van der Waals surface area contributed by atoms with Crippen molar-refractivity contribution in [3.8, 4) is 0 Å². The molecule has 0 aliphatic heterocycles. The number of benzene rings is 1. The van der Waals surface area contributed by atoms with Crippen LogP contribution in [0.3, 0.4) is 0 Å². The van der Waals surface area contributed by atoms with Crippen LogP contribution in [-0.4, -0.2) is 17.7 Å². The smallest absolute Gasteiger partial charge is 0.404 e. The molecule has 0 heterocycles. The summed E-state index contributed by atoms with van der Waals surface area (Å²) in [5.41, 5.74) is 0.887. The molecular formula is C15H19Cl2NO2. The molecule has 5 heteroatoms. The third kappa shape index (κ3) is 3.04. The van der Waals surface area contributed by atoms with Crippen LogP contribution in [0.4, 0.5) is 4.79 Å². The fourth-order valence-electron chi connectivity index (χ4n) is 3.25. The van der Waals surface area contributed by atoms with Crippen LogP contribution in [0.15, 0.2) is 18.2 Å². The molecule has 3 nitrogen and oxygen atoms in total. The minimum atomic E-state index is -0.984. The zero-order valence-corrected chi connectivity index (χ0v) is 13.0. The highest BCUT2D eigenvalue weighted by Crippen LogP contribution is 2.44. The molecule has 110 valence electrons. The van der Waals surface area contributed by atoms with Gasteiger partial charge in [-0.05, 0) is 36.5 Å². The lowest BCUT2D eigenvalue weighted by Crippen LogP contribution is -2.46. The number of amides is 1. The van der Waals surface area contributed by atoms with Gasteiger partial charge in [0, 0.05) is 12.0 Å². The van der Waals surface area contributed by atoms with E-state index in [4.69, 9.17) is 28.3 Å². The van der Waals surface area contributed by atoms with Gasteiger partial charge in [-0.25, -0.2) is 4.79 Å². The highest BCUT2D eigenvalue weighted by atomic mass is 35.5. The molecule has 0 saturated heterocycles. The first-order chi connectivity index (χ1) is 9.45. The second-order valence-corrected chi connectivity index (χ2v) is 6.40. The van der Waals surface area contributed by atoms with Crippen LogP contribution in [-0.2, 0) is 5.41 Å². The molecule has 1 aromatic carbocycles. The van der Waals surface area contributed by atoms with Crippen LogP contribution in [0, 0.1) is 5.92 Å². The number of nitrogens with one attached hydrogen (secondary N) is 1. The van der Waals surface area contributed by atoms with E-state index in [9.17, 15) is 4.79 Å². The summed E-state index contributed by atoms with van der Waals surface area (Å²) in [4.78, 5) is 10.9. The van der Waals surface area contributed by atoms with E-state index in [1.807, 2.05) is 12.1 Å². The molecule has 0 spiro atoms. The van der Waals surface area contributed by atoms with Gasteiger partial charge in [0.05, 0.1) is 10.0 Å². The van der Waals surface area contributed by atoms with Crippen molar-refractivity contribution in [1.29, 1.82) is 0 Å². The Morgan fingerprint density at radius 3 is 2.75 bits per heavy atom. The minimum Gasteiger partial charge on any atom is -0.465 e. The molecule has 0 bridgehead atoms. The van der Waals surface area contributed by atoms with Gasteiger partial charge in [0.25, 0.3) is 0 Å². The van der Waals surface area contributed by atoms with Gasteiger partial charge in [-0.2, -0.15) is 0 Å². The number of carbonyl (C=O) groups is 1. The summed E-state index contributed by atoms with van der Waals surface area (Å²) in [6.45, 7) is 2.60. The van der Waals surface area contributed by atoms with Crippen molar-refractivity contribution < 1.29 is 9.90 Å². The van der Waals surface area contributed by atoms with Crippen molar-refractivity contribution in [1.82, 2.24) is 5.32 Å². The first kappa shape index (κ1) is 15.5. The summed E-state index contributed by atoms with van der Waals surface area (Å²) in [6.07, 6.45) is 3.37. The lowest BCUT2D eigenvalue weighted by molar-refractivity contribution is 0.168. The number of rotatable bonds is 3. The Morgan fingerprint density at radius 2 is 2.15 bits per heavy atom. The van der Waals surface area contributed by atoms with Gasteiger partial charge in [0.1, 0.15) is 0 Å². The Hall–Kier alpha value is -0.930. The highest BCUT2D eigenvalue weighted by molar-refractivity contribution is 6.42. The van der Waals surface area contributed by atoms with Gasteiger partial charge in [-0.3, -0.25) is 0 Å². The van der Waals surface area contributed by atoms with Crippen molar-refractivity contribution in [2.75, 3.05) is 6.54 Å². The molecule has 20 heavy (non-hydrogen) atoms. The van der Waals surface area contributed by atoms with E-state index < -0.39 is 6.09 Å². The van der Waals surface area contributed by atoms with Crippen molar-refractivity contribution in [2.24, 2.45) is 5.92 Å². The maximum atomic E-state index is 10.9. The average Bonchev–Trinajstić information content (AvgIpc) is 2.41. The quantitative estimate of drug-likeness (QED) is 0.848. The fraction of sp³-hybridized carbons (Fsp3) is 0.533. The lowest BCUT2D eigenvalue weighted by Gasteiger charge is -2.43. The first-order valence-electron chi connectivity index (χ1n) is 6.88. The van der Waals surface area contributed by atoms with Crippen molar-refractivity contribution in [3.05, 3.63) is 33.8 Å². The summed E-state index contributed by atoms with van der Waals surface area (Å²) in [6, 6.07) is 5.65. The predicted molar refractivity (Wildman–Crippen MR) is 81.8 cm³/mol. The standard InChI is InChI=1S/C15H19Cl2NO2/c1-10-4-2-3-7-15(10,9-18-14(19)20)11-5-6-12(16)13(17)8-11/h5-6,8,10,18H,2-4,7,9H2,1H3,(H,19,20). The van der Waals surface area contributed by atoms with Crippen molar-refractivity contribution >= 4 is 29.3 Å². The summed E-state index contributed by atoms with van der Waals surface area (Å²) < 4.78 is 0. The van der Waals surface area contributed by atoms with Gasteiger partial charge >= 0.3 is 6.09 Å². The van der Waals surface area contributed by atoms with Crippen molar-refractivity contribution in [2.45, 2.75) is 38.0 Å². The van der Waals surface area contributed by atoms with Gasteiger partial charge in [0.2, 0.25) is 0 Å². The topological polar surface area (TPSA) is 49.3 Å². The molecule has 1 amide bonds. The third-order valence-electron chi connectivity index (χ3n) is 4.50. The third-order valence-corrected chi connectivity index (χ3v) is 5.24. The Kier molecular flexibility index (Phi) is 4.82. The van der Waals surface area contributed by atoms with E-state index in [0.29, 0.717) is 22.5 Å². The van der Waals surface area contributed by atoms with Crippen LogP contribution >= 0.6 is 23.2 Å². The van der Waals surface area contributed by atoms with E-state index in [2.05, 4.69) is 12.2 Å². The van der Waals surface area contributed by atoms with E-state index in [1.165, 1.54) is 6.42 Å². The highest BCUT2D eigenvalue weighted by Gasteiger charge is 2.40. The van der Waals surface area contributed by atoms with Gasteiger partial charge in [-0.15, -0.1) is 0 Å². The van der Waals surface area contributed by atoms with E-state index in [0.717, 1.165) is 24.8 Å². The van der Waals surface area contributed by atoms with Crippen LogP contribution in [0.1, 0.15) is 38.2 Å². The molecule has 2 unspecified atom stereocenters. The Morgan fingerprint density at radius 1 is 1.40 bits per heavy atom. The molecule has 0 radical (unpaired) electrons. The fourth-order valence-corrected chi connectivity index (χ4v) is 3.54. The van der Waals surface area contributed by atoms with E-state index in [1.54, 1.807) is 6.07 Å². The molecule has 1 aliphatic rings. The zero-order valence-electron chi connectivity index (χ0n) is 11.5. The molecular weight excluding hydrogens is 297 g/mol. The van der Waals surface area contributed by atoms with E-state index in [-0.39, 0.29) is 5.41 Å². The molecule has 2 atom stereocenters. The maximum Gasteiger partial charge on any atom is 0.404 e. The van der Waals surface area contributed by atoms with Crippen LogP contribution in [0.25, 0.3) is 0 Å². The molecule has 1 fully saturated rings. The second-order valence-electron chi connectivity index (χ2n) is 5.59. The molecule has 2 N–H and O–H groups in total. The summed E-state index contributed by atoms with van der Waals surface area (Å²) >= 11 is 12.1. The summed E-state index contributed by atoms with van der Waals surface area (Å²) in [5, 5.41) is 12.5. The number of carboxylic acid groups (broad SMARTS) is 1. The Balaban J connectivity index is 2.38. The minimum absolute atomic E-state index is 0.190. The normalized spacial score (nSPS) is 26.2. The van der Waals surface area contributed by atoms with Gasteiger partial charge in [0.15, 0.2) is 0 Å². The molecule has 1 aliphatic carbocycles. The first-order valence-corrected chi connectivity index (χ1v) is 7.63. The molecule has 0 aromatic heterocycles. The zero-order chi connectivity index (χ0) is 14.8. The Labute approximate surface area is 129 Å². The van der Waals surface area contributed by atoms with E-state index >= 15 is 0 Å². The van der Waals surface area contributed by atoms with Gasteiger partial charge < -0.3 is 10.4 Å². The molecule has 2 rings (SSSR count). The second kappa shape index (κ2) is 6.23. The molecule has 1 saturated carbocycles. The monoisotopic (exact) mass is 315 g/mol. The average molecular weight is 316 g/mol. The lowest BCUT2D eigenvalue weighted by atomic mass is 9.63. The maximum absolute atomic E-state index is 10.9. The predicted octanol–water partition coefficient (Wildman–Crippen LogP) is 4.71. The Bertz CT molecular complexity index is 507. The van der Waals surface area contributed by atoms with Gasteiger partial charge in [-0.1, -0.05) is 49.0 Å². The summed E-state index contributed by atoms with van der Waals surface area (Å²) in [7, 11) is 0. The van der Waals surface area contributed by atoms with Crippen molar-refractivity contribution in [3.63, 3.8) is 0 Å².